The summed E-state index contributed by atoms with van der Waals surface area (Å²) in [6.45, 7) is 0.410. The Hall–Kier alpha value is -2.74. The number of hydrogen-bond acceptors (Lipinski definition) is 4. The first-order valence-corrected chi connectivity index (χ1v) is 8.27. The number of anilines is 2. The van der Waals surface area contributed by atoms with E-state index in [0.717, 1.165) is 17.7 Å². The Morgan fingerprint density at radius 3 is 2.56 bits per heavy atom. The van der Waals surface area contributed by atoms with Crippen LogP contribution < -0.4 is 15.8 Å². The summed E-state index contributed by atoms with van der Waals surface area (Å²) in [6.07, 6.45) is -4.08. The Morgan fingerprint density at radius 2 is 1.89 bits per heavy atom. The maximum atomic E-state index is 13.0. The number of methoxy groups -OCH3 is 1. The molecule has 0 bridgehead atoms. The lowest BCUT2D eigenvalue weighted by molar-refractivity contribution is -0.137. The van der Waals surface area contributed by atoms with E-state index in [1.807, 2.05) is 0 Å². The minimum atomic E-state index is -4.52. The van der Waals surface area contributed by atoms with E-state index in [9.17, 15) is 18.0 Å². The summed E-state index contributed by atoms with van der Waals surface area (Å²) in [5.74, 6) is -0.290. The van der Waals surface area contributed by atoms with Crippen molar-refractivity contribution in [3.05, 3.63) is 53.6 Å². The van der Waals surface area contributed by atoms with Gasteiger partial charge in [-0.15, -0.1) is 0 Å². The van der Waals surface area contributed by atoms with Crippen molar-refractivity contribution in [3.8, 4) is 5.75 Å². The van der Waals surface area contributed by atoms with Crippen LogP contribution in [0.25, 0.3) is 0 Å². The molecule has 0 aromatic heterocycles. The number of alkyl halides is 3. The van der Waals surface area contributed by atoms with Gasteiger partial charge in [0.2, 0.25) is 5.91 Å². The highest BCUT2D eigenvalue weighted by molar-refractivity contribution is 5.92. The van der Waals surface area contributed by atoms with Crippen LogP contribution in [0.15, 0.2) is 42.5 Å². The summed E-state index contributed by atoms with van der Waals surface area (Å²) in [4.78, 5) is 12.2. The maximum Gasteiger partial charge on any atom is 0.416 e. The van der Waals surface area contributed by atoms with E-state index >= 15 is 0 Å². The van der Waals surface area contributed by atoms with Crippen LogP contribution in [0.4, 0.5) is 24.5 Å². The van der Waals surface area contributed by atoms with Gasteiger partial charge in [0.05, 0.1) is 17.9 Å². The number of halogens is 3. The number of carbonyl (C=O) groups excluding carboxylic acids is 1. The Labute approximate surface area is 155 Å². The fraction of sp³-hybridized carbons (Fsp3) is 0.316. The standard InChI is InChI=1S/C19H21F3N2O3/c1-26-10-11-27-17-8-7-14(19(20,21)22)12-16(17)24-18(25)9-6-13-4-2-3-5-15(13)23/h2-5,7-8,12H,6,9-11,23H2,1H3,(H,24,25). The van der Waals surface area contributed by atoms with E-state index in [-0.39, 0.29) is 31.1 Å². The maximum absolute atomic E-state index is 13.0. The number of aryl methyl sites for hydroxylation is 1. The zero-order valence-corrected chi connectivity index (χ0v) is 14.8. The molecule has 146 valence electrons. The molecule has 2 aromatic carbocycles. The summed E-state index contributed by atoms with van der Waals surface area (Å²) in [7, 11) is 1.48. The van der Waals surface area contributed by atoms with Gasteiger partial charge in [-0.25, -0.2) is 0 Å². The molecule has 3 N–H and O–H groups in total. The number of nitrogens with two attached hydrogens (primary N) is 1. The Kier molecular flexibility index (Phi) is 7.06. The molecule has 8 heteroatoms. The molecule has 0 fully saturated rings. The molecule has 0 heterocycles. The van der Waals surface area contributed by atoms with Crippen LogP contribution in [-0.2, 0) is 22.1 Å². The highest BCUT2D eigenvalue weighted by Crippen LogP contribution is 2.35. The molecule has 0 spiro atoms. The van der Waals surface area contributed by atoms with Crippen molar-refractivity contribution in [2.24, 2.45) is 0 Å². The molecule has 0 atom stereocenters. The highest BCUT2D eigenvalue weighted by Gasteiger charge is 2.31. The first-order valence-electron chi connectivity index (χ1n) is 8.27. The predicted octanol–water partition coefficient (Wildman–Crippen LogP) is 3.88. The number of rotatable bonds is 8. The lowest BCUT2D eigenvalue weighted by atomic mass is 10.1. The average molecular weight is 382 g/mol. The van der Waals surface area contributed by atoms with Gasteiger partial charge in [0.15, 0.2) is 0 Å². The molecule has 0 saturated heterocycles. The van der Waals surface area contributed by atoms with Crippen molar-refractivity contribution in [1.82, 2.24) is 0 Å². The quantitative estimate of drug-likeness (QED) is 0.537. The van der Waals surface area contributed by atoms with Gasteiger partial charge in [-0.05, 0) is 36.2 Å². The van der Waals surface area contributed by atoms with Crippen molar-refractivity contribution in [1.29, 1.82) is 0 Å². The van der Waals surface area contributed by atoms with Crippen molar-refractivity contribution in [2.75, 3.05) is 31.4 Å². The second-order valence-electron chi connectivity index (χ2n) is 5.80. The van der Waals surface area contributed by atoms with Crippen LogP contribution in [0.3, 0.4) is 0 Å². The van der Waals surface area contributed by atoms with Gasteiger partial charge in [-0.2, -0.15) is 13.2 Å². The summed E-state index contributed by atoms with van der Waals surface area (Å²) >= 11 is 0. The van der Waals surface area contributed by atoms with E-state index in [2.05, 4.69) is 5.32 Å². The number of para-hydroxylation sites is 1. The van der Waals surface area contributed by atoms with Crippen LogP contribution in [0.1, 0.15) is 17.5 Å². The van der Waals surface area contributed by atoms with Crippen molar-refractivity contribution >= 4 is 17.3 Å². The molecule has 0 radical (unpaired) electrons. The third-order valence-corrected chi connectivity index (χ3v) is 3.80. The number of benzene rings is 2. The molecule has 2 rings (SSSR count). The van der Waals surface area contributed by atoms with E-state index in [1.165, 1.54) is 13.2 Å². The molecule has 0 saturated carbocycles. The monoisotopic (exact) mass is 382 g/mol. The first-order chi connectivity index (χ1) is 12.8. The second-order valence-corrected chi connectivity index (χ2v) is 5.80. The SMILES string of the molecule is COCCOc1ccc(C(F)(F)F)cc1NC(=O)CCc1ccccc1N. The molecule has 1 amide bonds. The zero-order valence-electron chi connectivity index (χ0n) is 14.8. The summed E-state index contributed by atoms with van der Waals surface area (Å²) in [6, 6.07) is 10.1. The Morgan fingerprint density at radius 1 is 1.15 bits per heavy atom. The van der Waals surface area contributed by atoms with Crippen molar-refractivity contribution in [2.45, 2.75) is 19.0 Å². The minimum absolute atomic E-state index is 0.0352. The third kappa shape index (κ3) is 6.18. The van der Waals surface area contributed by atoms with Crippen LogP contribution in [-0.4, -0.2) is 26.2 Å². The second kappa shape index (κ2) is 9.27. The van der Waals surface area contributed by atoms with Gasteiger partial charge in [-0.3, -0.25) is 4.79 Å². The first kappa shape index (κ1) is 20.6. The molecule has 0 aliphatic heterocycles. The van der Waals surface area contributed by atoms with Crippen molar-refractivity contribution in [3.63, 3.8) is 0 Å². The van der Waals surface area contributed by atoms with Gasteiger partial charge in [0.25, 0.3) is 0 Å². The molecule has 0 unspecified atom stereocenters. The third-order valence-electron chi connectivity index (χ3n) is 3.80. The number of nitrogens with one attached hydrogen (secondary N) is 1. The zero-order chi connectivity index (χ0) is 19.9. The molecular weight excluding hydrogens is 361 g/mol. The summed E-state index contributed by atoms with van der Waals surface area (Å²) in [5, 5.41) is 2.49. The molecule has 0 aliphatic carbocycles. The topological polar surface area (TPSA) is 73.6 Å². The molecule has 27 heavy (non-hydrogen) atoms. The largest absolute Gasteiger partial charge is 0.489 e. The fourth-order valence-corrected chi connectivity index (χ4v) is 2.39. The molecular formula is C19H21F3N2O3. The number of ether oxygens (including phenoxy) is 2. The Balaban J connectivity index is 2.11. The summed E-state index contributed by atoms with van der Waals surface area (Å²) in [5.41, 5.74) is 6.29. The molecule has 2 aromatic rings. The highest BCUT2D eigenvalue weighted by atomic mass is 19.4. The normalized spacial score (nSPS) is 11.3. The van der Waals surface area contributed by atoms with Gasteiger partial charge in [-0.1, -0.05) is 18.2 Å². The summed E-state index contributed by atoms with van der Waals surface area (Å²) < 4.78 is 49.2. The van der Waals surface area contributed by atoms with Gasteiger partial charge in [0.1, 0.15) is 12.4 Å². The van der Waals surface area contributed by atoms with Gasteiger partial charge < -0.3 is 20.5 Å². The molecule has 0 aliphatic rings. The predicted molar refractivity (Wildman–Crippen MR) is 96.6 cm³/mol. The van der Waals surface area contributed by atoms with Crippen LogP contribution in [0, 0.1) is 0 Å². The number of hydrogen-bond donors (Lipinski definition) is 2. The Bertz CT molecular complexity index is 779. The van der Waals surface area contributed by atoms with Crippen LogP contribution in [0.5, 0.6) is 5.75 Å². The van der Waals surface area contributed by atoms with Gasteiger partial charge in [0, 0.05) is 19.2 Å². The number of amides is 1. The lowest BCUT2D eigenvalue weighted by Gasteiger charge is -2.15. The van der Waals surface area contributed by atoms with E-state index in [0.29, 0.717) is 12.1 Å². The van der Waals surface area contributed by atoms with Gasteiger partial charge >= 0.3 is 6.18 Å². The number of nitrogen functional groups attached to an aromatic ring is 1. The van der Waals surface area contributed by atoms with Crippen molar-refractivity contribution < 1.29 is 27.4 Å². The van der Waals surface area contributed by atoms with E-state index in [4.69, 9.17) is 15.2 Å². The van der Waals surface area contributed by atoms with E-state index in [1.54, 1.807) is 24.3 Å². The van der Waals surface area contributed by atoms with Crippen LogP contribution in [0.2, 0.25) is 0 Å². The smallest absolute Gasteiger partial charge is 0.416 e. The fourth-order valence-electron chi connectivity index (χ4n) is 2.39. The van der Waals surface area contributed by atoms with Crippen LogP contribution >= 0.6 is 0 Å². The minimum Gasteiger partial charge on any atom is -0.489 e. The number of carbonyl (C=O) groups is 1. The lowest BCUT2D eigenvalue weighted by Crippen LogP contribution is -2.16. The van der Waals surface area contributed by atoms with E-state index < -0.39 is 17.6 Å². The average Bonchev–Trinajstić information content (AvgIpc) is 2.61. The molecule has 5 nitrogen and oxygen atoms in total.